The number of carbonyl (C=O) groups is 2. The number of halogens is 2. The highest BCUT2D eigenvalue weighted by Crippen LogP contribution is 2.37. The molecule has 1 unspecified atom stereocenters. The summed E-state index contributed by atoms with van der Waals surface area (Å²) in [5, 5.41) is 3.77. The molecular formula is C36H34ClFN2O4. The summed E-state index contributed by atoms with van der Waals surface area (Å²) < 4.78 is 19.4. The van der Waals surface area contributed by atoms with E-state index in [1.54, 1.807) is 0 Å². The van der Waals surface area contributed by atoms with E-state index in [0.717, 1.165) is 56.3 Å². The second-order valence-electron chi connectivity index (χ2n) is 11.7. The van der Waals surface area contributed by atoms with Crippen LogP contribution in [-0.4, -0.2) is 29.3 Å². The zero-order valence-corrected chi connectivity index (χ0v) is 25.1. The minimum absolute atomic E-state index is 0.0896. The first-order valence-corrected chi connectivity index (χ1v) is 15.5. The number of nitrogens with zero attached hydrogens (tertiary/aromatic N) is 1. The first-order valence-electron chi connectivity index (χ1n) is 15.2. The lowest BCUT2D eigenvalue weighted by Crippen LogP contribution is -2.36. The molecule has 6 nitrogen and oxygen atoms in total. The Morgan fingerprint density at radius 3 is 2.55 bits per heavy atom. The molecule has 2 aliphatic rings. The van der Waals surface area contributed by atoms with Crippen LogP contribution in [0.5, 0.6) is 0 Å². The topological polar surface area (TPSA) is 79.6 Å². The number of nitrogens with one attached hydrogen (secondary N) is 1. The smallest absolute Gasteiger partial charge is 0.287 e. The Bertz CT molecular complexity index is 1770. The molecule has 4 aromatic rings. The molecule has 1 aromatic heterocycles. The summed E-state index contributed by atoms with van der Waals surface area (Å²) in [6, 6.07) is 20.4. The third-order valence-electron chi connectivity index (χ3n) is 8.69. The Kier molecular flexibility index (Phi) is 8.94. The average Bonchev–Trinajstić information content (AvgIpc) is 3.43. The number of rotatable bonds is 8. The van der Waals surface area contributed by atoms with Crippen LogP contribution in [0.1, 0.15) is 71.7 Å². The van der Waals surface area contributed by atoms with Crippen molar-refractivity contribution in [3.05, 3.63) is 128 Å². The van der Waals surface area contributed by atoms with Gasteiger partial charge < -0.3 is 14.6 Å². The third kappa shape index (κ3) is 6.94. The van der Waals surface area contributed by atoms with Crippen molar-refractivity contribution in [1.29, 1.82) is 0 Å². The number of hydrogen-bond acceptors (Lipinski definition) is 4. The number of benzene rings is 3. The Morgan fingerprint density at radius 1 is 1.02 bits per heavy atom. The summed E-state index contributed by atoms with van der Waals surface area (Å²) in [4.78, 5) is 40.2. The maximum absolute atomic E-state index is 13.7. The molecule has 1 saturated heterocycles. The van der Waals surface area contributed by atoms with Crippen LogP contribution in [0.15, 0.2) is 93.7 Å². The molecule has 0 radical (unpaired) electrons. The summed E-state index contributed by atoms with van der Waals surface area (Å²) in [6.07, 6.45) is 7.98. The van der Waals surface area contributed by atoms with Crippen LogP contribution < -0.4 is 10.7 Å². The molecule has 1 atom stereocenters. The molecule has 1 N–H and O–H groups in total. The fourth-order valence-electron chi connectivity index (χ4n) is 6.41. The van der Waals surface area contributed by atoms with Gasteiger partial charge in [-0.15, -0.1) is 0 Å². The molecular weight excluding hydrogens is 579 g/mol. The summed E-state index contributed by atoms with van der Waals surface area (Å²) in [6.45, 7) is 1.50. The molecule has 0 spiro atoms. The zero-order valence-electron chi connectivity index (χ0n) is 24.4. The van der Waals surface area contributed by atoms with E-state index in [9.17, 15) is 18.8 Å². The van der Waals surface area contributed by atoms with Crippen molar-refractivity contribution in [3.63, 3.8) is 0 Å². The maximum Gasteiger partial charge on any atom is 0.287 e. The van der Waals surface area contributed by atoms with Crippen molar-refractivity contribution in [3.8, 4) is 0 Å². The molecule has 3 aromatic carbocycles. The van der Waals surface area contributed by atoms with Gasteiger partial charge in [-0.1, -0.05) is 59.6 Å². The van der Waals surface area contributed by atoms with E-state index in [2.05, 4.69) is 29.6 Å². The molecule has 2 amide bonds. The number of fused-ring (bicyclic) bond motifs is 1. The molecule has 2 heterocycles. The third-order valence-corrected chi connectivity index (χ3v) is 8.94. The SMILES string of the molecule is O=C(NC(C=C1CCC(c2ccccc2CN2CCCC2=O)CC1)Cc1ccc(Cl)cc1)c1cc(=O)c2cc(F)ccc2o1. The van der Waals surface area contributed by atoms with E-state index in [0.29, 0.717) is 30.3 Å². The Hall–Kier alpha value is -4.23. The molecule has 1 aliphatic carbocycles. The second-order valence-corrected chi connectivity index (χ2v) is 12.2. The highest BCUT2D eigenvalue weighted by molar-refractivity contribution is 6.30. The van der Waals surface area contributed by atoms with Crippen LogP contribution in [0.25, 0.3) is 11.0 Å². The summed E-state index contributed by atoms with van der Waals surface area (Å²) >= 11 is 6.10. The van der Waals surface area contributed by atoms with Crippen LogP contribution in [0.4, 0.5) is 4.39 Å². The van der Waals surface area contributed by atoms with E-state index in [1.165, 1.54) is 28.8 Å². The van der Waals surface area contributed by atoms with Crippen LogP contribution in [-0.2, 0) is 17.8 Å². The molecule has 2 fully saturated rings. The first kappa shape index (κ1) is 29.8. The van der Waals surface area contributed by atoms with E-state index < -0.39 is 17.2 Å². The van der Waals surface area contributed by atoms with Gasteiger partial charge in [0.15, 0.2) is 11.2 Å². The number of allylic oxidation sites excluding steroid dienone is 1. The van der Waals surface area contributed by atoms with E-state index in [1.807, 2.05) is 35.2 Å². The summed E-state index contributed by atoms with van der Waals surface area (Å²) in [5.41, 5.74) is 4.51. The number of carbonyl (C=O) groups excluding carboxylic acids is 2. The van der Waals surface area contributed by atoms with Crippen LogP contribution >= 0.6 is 11.6 Å². The van der Waals surface area contributed by atoms with Gasteiger partial charge in [-0.3, -0.25) is 14.4 Å². The Balaban J connectivity index is 1.19. The van der Waals surface area contributed by atoms with Crippen LogP contribution in [0.3, 0.4) is 0 Å². The van der Waals surface area contributed by atoms with Gasteiger partial charge in [0.05, 0.1) is 11.4 Å². The van der Waals surface area contributed by atoms with Gasteiger partial charge in [-0.2, -0.15) is 0 Å². The molecule has 6 rings (SSSR count). The van der Waals surface area contributed by atoms with Gasteiger partial charge in [0, 0.05) is 30.6 Å². The fourth-order valence-corrected chi connectivity index (χ4v) is 6.54. The monoisotopic (exact) mass is 612 g/mol. The lowest BCUT2D eigenvalue weighted by atomic mass is 9.79. The Morgan fingerprint density at radius 2 is 1.80 bits per heavy atom. The highest BCUT2D eigenvalue weighted by atomic mass is 35.5. The van der Waals surface area contributed by atoms with E-state index in [-0.39, 0.29) is 28.7 Å². The maximum atomic E-state index is 13.7. The summed E-state index contributed by atoms with van der Waals surface area (Å²) in [7, 11) is 0. The van der Waals surface area contributed by atoms with Gasteiger partial charge in [0.2, 0.25) is 5.91 Å². The predicted molar refractivity (Wildman–Crippen MR) is 169 cm³/mol. The summed E-state index contributed by atoms with van der Waals surface area (Å²) in [5.74, 6) is -0.536. The standard InChI is InChI=1S/C36H34ClFN2O4/c37-27-13-9-24(10-14-27)19-29(39-36(43)34-21-32(41)31-20-28(38)15-16-33(31)44-34)18-23-7-11-25(12-8-23)30-5-2-1-4-26(30)22-40-17-3-6-35(40)42/h1-2,4-5,9-10,13-16,18,20-21,25,29H,3,6-8,11-12,17,19,22H2,(H,39,43). The van der Waals surface area contributed by atoms with Crippen molar-refractivity contribution in [2.75, 3.05) is 6.54 Å². The number of likely N-dealkylation sites (tertiary alicyclic amines) is 1. The minimum atomic E-state index is -0.545. The van der Waals surface area contributed by atoms with E-state index in [4.69, 9.17) is 16.0 Å². The molecule has 44 heavy (non-hydrogen) atoms. The number of hydrogen-bond donors (Lipinski definition) is 1. The lowest BCUT2D eigenvalue weighted by Gasteiger charge is -2.28. The van der Waals surface area contributed by atoms with E-state index >= 15 is 0 Å². The van der Waals surface area contributed by atoms with Gasteiger partial charge in [0.1, 0.15) is 11.4 Å². The van der Waals surface area contributed by atoms with Crippen LogP contribution in [0, 0.1) is 5.82 Å². The van der Waals surface area contributed by atoms with Crippen molar-refractivity contribution < 1.29 is 18.4 Å². The normalized spacial score (nSPS) is 17.6. The van der Waals surface area contributed by atoms with Crippen molar-refractivity contribution in [2.45, 2.75) is 63.5 Å². The first-order chi connectivity index (χ1) is 21.3. The Labute approximate surface area is 260 Å². The zero-order chi connectivity index (χ0) is 30.6. The van der Waals surface area contributed by atoms with Crippen molar-refractivity contribution in [1.82, 2.24) is 10.2 Å². The van der Waals surface area contributed by atoms with Crippen molar-refractivity contribution in [2.24, 2.45) is 0 Å². The van der Waals surface area contributed by atoms with Gasteiger partial charge >= 0.3 is 0 Å². The second kappa shape index (κ2) is 13.2. The number of amides is 2. The predicted octanol–water partition coefficient (Wildman–Crippen LogP) is 7.33. The quantitative estimate of drug-likeness (QED) is 0.211. The van der Waals surface area contributed by atoms with Gasteiger partial charge in [0.25, 0.3) is 5.91 Å². The van der Waals surface area contributed by atoms with Crippen LogP contribution in [0.2, 0.25) is 5.02 Å². The largest absolute Gasteiger partial charge is 0.451 e. The van der Waals surface area contributed by atoms with Gasteiger partial charge in [-0.05, 0) is 91.5 Å². The lowest BCUT2D eigenvalue weighted by molar-refractivity contribution is -0.128. The highest BCUT2D eigenvalue weighted by Gasteiger charge is 2.25. The molecule has 226 valence electrons. The van der Waals surface area contributed by atoms with Crippen molar-refractivity contribution >= 4 is 34.4 Å². The minimum Gasteiger partial charge on any atom is -0.451 e. The average molecular weight is 613 g/mol. The molecule has 1 aliphatic heterocycles. The molecule has 8 heteroatoms. The fraction of sp³-hybridized carbons (Fsp3) is 0.306. The van der Waals surface area contributed by atoms with Gasteiger partial charge in [-0.25, -0.2) is 4.39 Å². The molecule has 1 saturated carbocycles. The molecule has 0 bridgehead atoms.